The summed E-state index contributed by atoms with van der Waals surface area (Å²) in [5, 5.41) is 10.3. The minimum absolute atomic E-state index is 0.0757. The number of rotatable bonds is 2. The van der Waals surface area contributed by atoms with Gasteiger partial charge in [-0.1, -0.05) is 0 Å². The van der Waals surface area contributed by atoms with E-state index in [1.807, 2.05) is 0 Å². The Morgan fingerprint density at radius 3 is 3.00 bits per heavy atom. The molecule has 5 nitrogen and oxygen atoms in total. The molecule has 1 aromatic carbocycles. The average molecular weight is 343 g/mol. The van der Waals surface area contributed by atoms with Crippen molar-refractivity contribution in [1.82, 2.24) is 20.2 Å². The molecule has 0 fully saturated rings. The summed E-state index contributed by atoms with van der Waals surface area (Å²) in [5.41, 5.74) is 1.05. The SMILES string of the molecule is Fc1ccc(Br)c(Nc2nc(Cl)nc3[nH]ncc23)c1. The summed E-state index contributed by atoms with van der Waals surface area (Å²) in [4.78, 5) is 8.07. The number of aromatic nitrogens is 4. The molecule has 0 aliphatic heterocycles. The lowest BCUT2D eigenvalue weighted by molar-refractivity contribution is 0.628. The number of nitrogens with zero attached hydrogens (tertiary/aromatic N) is 3. The number of aromatic amines is 1. The normalized spacial score (nSPS) is 10.9. The first kappa shape index (κ1) is 12.3. The second-order valence-electron chi connectivity index (χ2n) is 3.72. The minimum Gasteiger partial charge on any atom is -0.338 e. The molecule has 0 spiro atoms. The Morgan fingerprint density at radius 2 is 2.16 bits per heavy atom. The number of halogens is 3. The van der Waals surface area contributed by atoms with E-state index in [2.05, 4.69) is 41.4 Å². The van der Waals surface area contributed by atoms with Crippen molar-refractivity contribution in [1.29, 1.82) is 0 Å². The maximum atomic E-state index is 13.2. The second-order valence-corrected chi connectivity index (χ2v) is 4.92. The van der Waals surface area contributed by atoms with Crippen LogP contribution in [0.5, 0.6) is 0 Å². The Kier molecular flexibility index (Phi) is 3.08. The van der Waals surface area contributed by atoms with Gasteiger partial charge in [-0.05, 0) is 45.7 Å². The quantitative estimate of drug-likeness (QED) is 0.698. The molecular formula is C11H6BrClFN5. The summed E-state index contributed by atoms with van der Waals surface area (Å²) in [5.74, 6) is 0.101. The highest BCUT2D eigenvalue weighted by molar-refractivity contribution is 9.10. The molecule has 0 unspecified atom stereocenters. The molecule has 8 heteroatoms. The zero-order valence-corrected chi connectivity index (χ0v) is 11.6. The fraction of sp³-hybridized carbons (Fsp3) is 0. The number of hydrogen-bond donors (Lipinski definition) is 2. The third-order valence-corrected chi connectivity index (χ3v) is 3.32. The fourth-order valence-electron chi connectivity index (χ4n) is 1.62. The molecule has 3 aromatic rings. The van der Waals surface area contributed by atoms with Crippen LogP contribution in [0.15, 0.2) is 28.9 Å². The summed E-state index contributed by atoms with van der Waals surface area (Å²) in [6.07, 6.45) is 1.57. The Bertz CT molecular complexity index is 760. The molecule has 19 heavy (non-hydrogen) atoms. The fourth-order valence-corrected chi connectivity index (χ4v) is 2.14. The van der Waals surface area contributed by atoms with Gasteiger partial charge in [-0.15, -0.1) is 0 Å². The molecule has 0 atom stereocenters. The van der Waals surface area contributed by atoms with Crippen molar-refractivity contribution in [3.63, 3.8) is 0 Å². The first-order valence-corrected chi connectivity index (χ1v) is 6.39. The van der Waals surface area contributed by atoms with Gasteiger partial charge in [0.1, 0.15) is 11.6 Å². The number of benzene rings is 1. The Balaban J connectivity index is 2.10. The summed E-state index contributed by atoms with van der Waals surface area (Å²) >= 11 is 9.15. The molecule has 0 saturated heterocycles. The molecule has 0 aliphatic rings. The molecule has 0 aliphatic carbocycles. The van der Waals surface area contributed by atoms with Crippen LogP contribution in [-0.4, -0.2) is 20.2 Å². The number of anilines is 2. The number of hydrogen-bond acceptors (Lipinski definition) is 4. The standard InChI is InChI=1S/C11H6BrClFN5/c12-7-2-1-5(14)3-8(7)16-9-6-4-15-19-10(6)18-11(13)17-9/h1-4H,(H2,15,16,17,18,19). The van der Waals surface area contributed by atoms with Crippen molar-refractivity contribution in [3.8, 4) is 0 Å². The van der Waals surface area contributed by atoms with Gasteiger partial charge in [-0.25, -0.2) is 4.39 Å². The van der Waals surface area contributed by atoms with Crippen LogP contribution in [0.1, 0.15) is 0 Å². The summed E-state index contributed by atoms with van der Waals surface area (Å²) in [7, 11) is 0. The minimum atomic E-state index is -0.353. The van der Waals surface area contributed by atoms with Crippen LogP contribution in [0.2, 0.25) is 5.28 Å². The largest absolute Gasteiger partial charge is 0.338 e. The lowest BCUT2D eigenvalue weighted by Crippen LogP contribution is -1.97. The van der Waals surface area contributed by atoms with Crippen LogP contribution < -0.4 is 5.32 Å². The molecule has 0 radical (unpaired) electrons. The van der Waals surface area contributed by atoms with Crippen LogP contribution in [0.3, 0.4) is 0 Å². The summed E-state index contributed by atoms with van der Waals surface area (Å²) < 4.78 is 14.0. The van der Waals surface area contributed by atoms with Crippen molar-refractivity contribution in [2.45, 2.75) is 0 Å². The third kappa shape index (κ3) is 2.39. The lowest BCUT2D eigenvalue weighted by Gasteiger charge is -2.08. The lowest BCUT2D eigenvalue weighted by atomic mass is 10.3. The van der Waals surface area contributed by atoms with Crippen LogP contribution in [-0.2, 0) is 0 Å². The van der Waals surface area contributed by atoms with E-state index in [1.165, 1.54) is 12.1 Å². The second kappa shape index (κ2) is 4.75. The monoisotopic (exact) mass is 341 g/mol. The molecule has 2 aromatic heterocycles. The zero-order valence-electron chi connectivity index (χ0n) is 9.28. The van der Waals surface area contributed by atoms with Crippen molar-refractivity contribution < 1.29 is 4.39 Å². The van der Waals surface area contributed by atoms with Gasteiger partial charge in [0.15, 0.2) is 5.65 Å². The van der Waals surface area contributed by atoms with E-state index in [0.717, 1.165) is 0 Å². The maximum absolute atomic E-state index is 13.2. The van der Waals surface area contributed by atoms with E-state index in [-0.39, 0.29) is 11.1 Å². The first-order chi connectivity index (χ1) is 9.13. The van der Waals surface area contributed by atoms with E-state index >= 15 is 0 Å². The highest BCUT2D eigenvalue weighted by Gasteiger charge is 2.10. The van der Waals surface area contributed by atoms with E-state index < -0.39 is 0 Å². The smallest absolute Gasteiger partial charge is 0.226 e. The zero-order chi connectivity index (χ0) is 13.4. The number of nitrogens with one attached hydrogen (secondary N) is 2. The molecule has 96 valence electrons. The molecule has 0 amide bonds. The first-order valence-electron chi connectivity index (χ1n) is 5.22. The van der Waals surface area contributed by atoms with Gasteiger partial charge in [0.25, 0.3) is 0 Å². The van der Waals surface area contributed by atoms with Gasteiger partial charge in [0.2, 0.25) is 5.28 Å². The van der Waals surface area contributed by atoms with Gasteiger partial charge in [-0.3, -0.25) is 5.10 Å². The van der Waals surface area contributed by atoms with Crippen LogP contribution in [0, 0.1) is 5.82 Å². The molecule has 0 bridgehead atoms. The van der Waals surface area contributed by atoms with E-state index in [1.54, 1.807) is 12.3 Å². The maximum Gasteiger partial charge on any atom is 0.226 e. The van der Waals surface area contributed by atoms with Gasteiger partial charge in [-0.2, -0.15) is 15.1 Å². The Labute approximate surface area is 120 Å². The predicted molar refractivity (Wildman–Crippen MR) is 74.1 cm³/mol. The number of fused-ring (bicyclic) bond motifs is 1. The van der Waals surface area contributed by atoms with E-state index in [4.69, 9.17) is 11.6 Å². The predicted octanol–water partition coefficient (Wildman–Crippen LogP) is 3.65. The van der Waals surface area contributed by atoms with E-state index in [0.29, 0.717) is 27.0 Å². The summed E-state index contributed by atoms with van der Waals surface area (Å²) in [6, 6.07) is 4.31. The Morgan fingerprint density at radius 1 is 1.32 bits per heavy atom. The molecule has 2 heterocycles. The van der Waals surface area contributed by atoms with E-state index in [9.17, 15) is 4.39 Å². The van der Waals surface area contributed by atoms with Crippen LogP contribution in [0.4, 0.5) is 15.9 Å². The van der Waals surface area contributed by atoms with Gasteiger partial charge < -0.3 is 5.32 Å². The highest BCUT2D eigenvalue weighted by Crippen LogP contribution is 2.29. The van der Waals surface area contributed by atoms with Gasteiger partial charge >= 0.3 is 0 Å². The molecule has 2 N–H and O–H groups in total. The van der Waals surface area contributed by atoms with Crippen LogP contribution in [0.25, 0.3) is 11.0 Å². The topological polar surface area (TPSA) is 66.5 Å². The van der Waals surface area contributed by atoms with Crippen molar-refractivity contribution in [3.05, 3.63) is 40.0 Å². The average Bonchev–Trinajstić information content (AvgIpc) is 2.82. The summed E-state index contributed by atoms with van der Waals surface area (Å²) in [6.45, 7) is 0. The Hall–Kier alpha value is -1.73. The van der Waals surface area contributed by atoms with Crippen LogP contribution >= 0.6 is 27.5 Å². The molecular weight excluding hydrogens is 337 g/mol. The van der Waals surface area contributed by atoms with Gasteiger partial charge in [0.05, 0.1) is 17.3 Å². The number of H-pyrrole nitrogens is 1. The highest BCUT2D eigenvalue weighted by atomic mass is 79.9. The molecule has 0 saturated carbocycles. The van der Waals surface area contributed by atoms with Crippen molar-refractivity contribution >= 4 is 50.1 Å². The third-order valence-electron chi connectivity index (χ3n) is 2.46. The van der Waals surface area contributed by atoms with Crippen molar-refractivity contribution in [2.75, 3.05) is 5.32 Å². The van der Waals surface area contributed by atoms with Gasteiger partial charge in [0, 0.05) is 4.47 Å². The van der Waals surface area contributed by atoms with Crippen molar-refractivity contribution in [2.24, 2.45) is 0 Å². The molecule has 3 rings (SSSR count).